The van der Waals surface area contributed by atoms with Crippen molar-refractivity contribution in [1.82, 2.24) is 0 Å². The minimum atomic E-state index is -0.626. The van der Waals surface area contributed by atoms with E-state index < -0.39 is 7.92 Å². The second-order valence-electron chi connectivity index (χ2n) is 10.7. The van der Waals surface area contributed by atoms with Crippen LogP contribution in [-0.4, -0.2) is 0 Å². The second-order valence-corrected chi connectivity index (χ2v) is 12.8. The third kappa shape index (κ3) is 6.31. The summed E-state index contributed by atoms with van der Waals surface area (Å²) in [4.78, 5) is 0. The first kappa shape index (κ1) is 28.7. The van der Waals surface area contributed by atoms with Gasteiger partial charge < -0.3 is 0 Å². The second kappa shape index (κ2) is 13.6. The minimum Gasteiger partial charge on any atom is -0.0654 e. The Hall–Kier alpha value is -1.91. The SMILES string of the molecule is CCCCc1ccc(P(c2cccc(C)c2C)c2ccc(C)c(C)c2C)c(CCCC)c1CCCC. The van der Waals surface area contributed by atoms with Crippen LogP contribution < -0.4 is 15.9 Å². The van der Waals surface area contributed by atoms with Crippen molar-refractivity contribution in [1.29, 1.82) is 0 Å². The highest BCUT2D eigenvalue weighted by Gasteiger charge is 2.26. The molecule has 0 aliphatic carbocycles. The predicted molar refractivity (Wildman–Crippen MR) is 165 cm³/mol. The Morgan fingerprint density at radius 1 is 0.500 bits per heavy atom. The quantitative estimate of drug-likeness (QED) is 0.218. The van der Waals surface area contributed by atoms with E-state index in [0.717, 1.165) is 0 Å². The van der Waals surface area contributed by atoms with E-state index in [1.54, 1.807) is 27.3 Å². The summed E-state index contributed by atoms with van der Waals surface area (Å²) in [6, 6.07) is 16.8. The molecule has 3 aromatic carbocycles. The van der Waals surface area contributed by atoms with Gasteiger partial charge in [0.1, 0.15) is 0 Å². The van der Waals surface area contributed by atoms with E-state index in [0.29, 0.717) is 0 Å². The first-order chi connectivity index (χ1) is 17.3. The van der Waals surface area contributed by atoms with Crippen LogP contribution in [0.15, 0.2) is 42.5 Å². The maximum absolute atomic E-state index is 2.55. The zero-order valence-electron chi connectivity index (χ0n) is 24.4. The standard InChI is InChI=1S/C35H49P/c1-9-12-17-30-22-24-35(32(19-14-11-3)31(30)18-13-10-2)36(33-20-15-16-25(4)28(33)7)34-23-21-26(5)27(6)29(34)8/h15-16,20-24H,9-14,17-19H2,1-8H3. The zero-order valence-corrected chi connectivity index (χ0v) is 25.2. The summed E-state index contributed by atoms with van der Waals surface area (Å²) in [6.45, 7) is 18.5. The van der Waals surface area contributed by atoms with Crippen molar-refractivity contribution in [2.45, 2.75) is 113 Å². The fraction of sp³-hybridized carbons (Fsp3) is 0.486. The lowest BCUT2D eigenvalue weighted by atomic mass is 9.91. The number of hydrogen-bond acceptors (Lipinski definition) is 0. The third-order valence-corrected chi connectivity index (χ3v) is 11.0. The van der Waals surface area contributed by atoms with Crippen LogP contribution in [0.1, 0.15) is 104 Å². The maximum atomic E-state index is 2.55. The van der Waals surface area contributed by atoms with E-state index in [2.05, 4.69) is 97.9 Å². The molecule has 3 rings (SSSR count). The van der Waals surface area contributed by atoms with Crippen LogP contribution in [0.4, 0.5) is 0 Å². The lowest BCUT2D eigenvalue weighted by Gasteiger charge is -2.29. The number of benzene rings is 3. The maximum Gasteiger partial charge on any atom is -0.0116 e. The molecule has 0 saturated carbocycles. The van der Waals surface area contributed by atoms with Gasteiger partial charge in [0.2, 0.25) is 0 Å². The first-order valence-electron chi connectivity index (χ1n) is 14.4. The van der Waals surface area contributed by atoms with Gasteiger partial charge in [-0.05, 0) is 141 Å². The molecule has 194 valence electrons. The molecule has 0 amide bonds. The summed E-state index contributed by atoms with van der Waals surface area (Å²) in [7, 11) is -0.626. The molecular weight excluding hydrogens is 451 g/mol. The van der Waals surface area contributed by atoms with Gasteiger partial charge in [0.15, 0.2) is 0 Å². The molecule has 0 saturated heterocycles. The highest BCUT2D eigenvalue weighted by Crippen LogP contribution is 2.40. The molecule has 1 heteroatoms. The summed E-state index contributed by atoms with van der Waals surface area (Å²) in [5.41, 5.74) is 12.2. The lowest BCUT2D eigenvalue weighted by Crippen LogP contribution is -2.28. The molecule has 3 aromatic rings. The predicted octanol–water partition coefficient (Wildman–Crippen LogP) is 9.01. The molecule has 0 radical (unpaired) electrons. The Balaban J connectivity index is 2.36. The number of unbranched alkanes of at least 4 members (excludes halogenated alkanes) is 3. The van der Waals surface area contributed by atoms with Crippen LogP contribution in [0.3, 0.4) is 0 Å². The van der Waals surface area contributed by atoms with E-state index in [-0.39, 0.29) is 0 Å². The van der Waals surface area contributed by atoms with Crippen molar-refractivity contribution >= 4 is 23.8 Å². The fourth-order valence-electron chi connectivity index (χ4n) is 5.39. The van der Waals surface area contributed by atoms with Gasteiger partial charge in [-0.15, -0.1) is 0 Å². The van der Waals surface area contributed by atoms with Crippen LogP contribution >= 0.6 is 7.92 Å². The van der Waals surface area contributed by atoms with Crippen molar-refractivity contribution in [3.63, 3.8) is 0 Å². The molecule has 36 heavy (non-hydrogen) atoms. The summed E-state index contributed by atoms with van der Waals surface area (Å²) >= 11 is 0. The van der Waals surface area contributed by atoms with Gasteiger partial charge in [0.05, 0.1) is 0 Å². The summed E-state index contributed by atoms with van der Waals surface area (Å²) < 4.78 is 0. The van der Waals surface area contributed by atoms with Gasteiger partial charge in [0.25, 0.3) is 0 Å². The number of hydrogen-bond donors (Lipinski definition) is 0. The van der Waals surface area contributed by atoms with E-state index in [9.17, 15) is 0 Å². The zero-order chi connectivity index (χ0) is 26.2. The third-order valence-electron chi connectivity index (χ3n) is 8.19. The van der Waals surface area contributed by atoms with Gasteiger partial charge in [-0.2, -0.15) is 0 Å². The van der Waals surface area contributed by atoms with E-state index >= 15 is 0 Å². The smallest absolute Gasteiger partial charge is 0.0116 e. The highest BCUT2D eigenvalue weighted by molar-refractivity contribution is 7.80. The highest BCUT2D eigenvalue weighted by atomic mass is 31.1. The molecule has 0 aromatic heterocycles. The molecule has 0 aliphatic heterocycles. The monoisotopic (exact) mass is 500 g/mol. The summed E-state index contributed by atoms with van der Waals surface area (Å²) in [6.07, 6.45) is 11.3. The Morgan fingerprint density at radius 3 is 1.72 bits per heavy atom. The van der Waals surface area contributed by atoms with Crippen LogP contribution in [0, 0.1) is 34.6 Å². The molecule has 1 unspecified atom stereocenters. The molecule has 0 aliphatic rings. The van der Waals surface area contributed by atoms with Crippen molar-refractivity contribution < 1.29 is 0 Å². The van der Waals surface area contributed by atoms with Gasteiger partial charge in [-0.3, -0.25) is 0 Å². The lowest BCUT2D eigenvalue weighted by molar-refractivity contribution is 0.737. The van der Waals surface area contributed by atoms with Crippen molar-refractivity contribution in [2.24, 2.45) is 0 Å². The fourth-order valence-corrected chi connectivity index (χ4v) is 8.38. The van der Waals surface area contributed by atoms with Crippen molar-refractivity contribution in [2.75, 3.05) is 0 Å². The van der Waals surface area contributed by atoms with Crippen molar-refractivity contribution in [3.8, 4) is 0 Å². The Labute approximate surface area is 223 Å². The Bertz CT molecular complexity index is 1150. The number of aryl methyl sites for hydroxylation is 3. The molecule has 0 spiro atoms. The van der Waals surface area contributed by atoms with Crippen LogP contribution in [0.5, 0.6) is 0 Å². The molecule has 0 fully saturated rings. The van der Waals surface area contributed by atoms with Gasteiger partial charge in [-0.1, -0.05) is 82.5 Å². The average molecular weight is 501 g/mol. The Morgan fingerprint density at radius 2 is 1.06 bits per heavy atom. The van der Waals surface area contributed by atoms with Crippen molar-refractivity contribution in [3.05, 3.63) is 87.0 Å². The van der Waals surface area contributed by atoms with Crippen LogP contribution in [0.25, 0.3) is 0 Å². The summed E-state index contributed by atoms with van der Waals surface area (Å²) in [5.74, 6) is 0. The Kier molecular flexibility index (Phi) is 10.8. The topological polar surface area (TPSA) is 0 Å². The van der Waals surface area contributed by atoms with Crippen LogP contribution in [0.2, 0.25) is 0 Å². The average Bonchev–Trinajstić information content (AvgIpc) is 2.88. The van der Waals surface area contributed by atoms with E-state index in [4.69, 9.17) is 0 Å². The molecule has 0 heterocycles. The molecule has 0 N–H and O–H groups in total. The molecule has 0 bridgehead atoms. The molecule has 0 nitrogen and oxygen atoms in total. The van der Waals surface area contributed by atoms with Gasteiger partial charge >= 0.3 is 0 Å². The van der Waals surface area contributed by atoms with Gasteiger partial charge in [-0.25, -0.2) is 0 Å². The van der Waals surface area contributed by atoms with E-state index in [1.165, 1.54) is 90.9 Å². The van der Waals surface area contributed by atoms with Gasteiger partial charge in [0, 0.05) is 0 Å². The largest absolute Gasteiger partial charge is 0.0654 e. The number of rotatable bonds is 12. The van der Waals surface area contributed by atoms with Crippen LogP contribution in [-0.2, 0) is 19.3 Å². The van der Waals surface area contributed by atoms with E-state index in [1.807, 2.05) is 0 Å². The molecular formula is C35H49P. The molecule has 1 atom stereocenters. The summed E-state index contributed by atoms with van der Waals surface area (Å²) in [5, 5.41) is 4.70. The minimum absolute atomic E-state index is 0.626. The normalized spacial score (nSPS) is 12.2. The first-order valence-corrected chi connectivity index (χ1v) is 15.8.